The van der Waals surface area contributed by atoms with Crippen molar-refractivity contribution in [2.45, 2.75) is 12.5 Å². The molecule has 82 valence electrons. The van der Waals surface area contributed by atoms with Crippen molar-refractivity contribution in [1.82, 2.24) is 0 Å². The smallest absolute Gasteiger partial charge is 0.332 e. The average Bonchev–Trinajstić information content (AvgIpc) is 2.21. The third-order valence-electron chi connectivity index (χ3n) is 1.59. The third-order valence-corrected chi connectivity index (χ3v) is 3.29. The topological polar surface area (TPSA) is 44.8 Å². The van der Waals surface area contributed by atoms with Gasteiger partial charge in [0.1, 0.15) is 0 Å². The summed E-state index contributed by atoms with van der Waals surface area (Å²) in [5.74, 6) is -0.446. The quantitative estimate of drug-likeness (QED) is 0.183. The van der Waals surface area contributed by atoms with E-state index in [-0.39, 0.29) is 16.3 Å². The van der Waals surface area contributed by atoms with Crippen LogP contribution in [0.4, 0.5) is 0 Å². The van der Waals surface area contributed by atoms with Gasteiger partial charge in [-0.15, -0.1) is 0 Å². The molecule has 0 saturated heterocycles. The highest BCUT2D eigenvalue weighted by Gasteiger charge is 1.94. The number of methoxy groups -OCH3 is 1. The molecule has 0 unspecified atom stereocenters. The molecule has 0 saturated carbocycles. The van der Waals surface area contributed by atoms with Gasteiger partial charge < -0.3 is 14.2 Å². The minimum absolute atomic E-state index is 0.0245. The van der Waals surface area contributed by atoms with E-state index in [0.717, 1.165) is 18.7 Å². The van der Waals surface area contributed by atoms with Gasteiger partial charge in [0.15, 0.2) is 6.79 Å². The van der Waals surface area contributed by atoms with Crippen LogP contribution < -0.4 is 0 Å². The van der Waals surface area contributed by atoms with Gasteiger partial charge in [0.05, 0.1) is 16.1 Å². The highest BCUT2D eigenvalue weighted by molar-refractivity contribution is 6.35. The third kappa shape index (κ3) is 9.44. The van der Waals surface area contributed by atoms with Crippen LogP contribution in [0.2, 0.25) is 6.04 Å². The first kappa shape index (κ1) is 13.3. The van der Waals surface area contributed by atoms with Gasteiger partial charge in [0, 0.05) is 19.4 Å². The van der Waals surface area contributed by atoms with Gasteiger partial charge >= 0.3 is 5.97 Å². The molecule has 0 aliphatic rings. The summed E-state index contributed by atoms with van der Waals surface area (Å²) in [4.78, 5) is 10.6. The number of hydrogen-bond donors (Lipinski definition) is 0. The average molecular weight is 218 g/mol. The first-order valence-corrected chi connectivity index (χ1v) is 6.67. The first-order chi connectivity index (χ1) is 6.81. The van der Waals surface area contributed by atoms with Crippen molar-refractivity contribution >= 4 is 15.5 Å². The number of hydrogen-bond acceptors (Lipinski definition) is 4. The minimum Gasteiger partial charge on any atom is -0.435 e. The fraction of sp³-hybridized carbons (Fsp3) is 0.667. The van der Waals surface area contributed by atoms with Crippen molar-refractivity contribution in [3.63, 3.8) is 0 Å². The minimum atomic E-state index is -0.446. The van der Waals surface area contributed by atoms with Gasteiger partial charge in [-0.05, 0) is 6.42 Å². The monoisotopic (exact) mass is 218 g/mol. The molecular formula is C9H18O4Si. The zero-order valence-electron chi connectivity index (χ0n) is 8.66. The summed E-state index contributed by atoms with van der Waals surface area (Å²) in [6, 6.07) is 1.20. The fourth-order valence-corrected chi connectivity index (χ4v) is 1.90. The Morgan fingerprint density at radius 3 is 3.00 bits per heavy atom. The fourth-order valence-electron chi connectivity index (χ4n) is 0.845. The lowest BCUT2D eigenvalue weighted by Gasteiger charge is -2.03. The Bertz CT molecular complexity index is 161. The molecule has 0 fully saturated rings. The zero-order valence-corrected chi connectivity index (χ0v) is 10.1. The molecule has 4 nitrogen and oxygen atoms in total. The van der Waals surface area contributed by atoms with Crippen LogP contribution in [-0.2, 0) is 19.0 Å². The van der Waals surface area contributed by atoms with Crippen molar-refractivity contribution in [3.8, 4) is 0 Å². The van der Waals surface area contributed by atoms with Crippen LogP contribution in [0.15, 0.2) is 12.7 Å². The van der Waals surface area contributed by atoms with E-state index in [0.29, 0.717) is 6.61 Å². The van der Waals surface area contributed by atoms with E-state index < -0.39 is 5.97 Å². The summed E-state index contributed by atoms with van der Waals surface area (Å²) < 4.78 is 14.7. The van der Waals surface area contributed by atoms with Crippen LogP contribution in [0.3, 0.4) is 0 Å². The number of rotatable bonds is 9. The molecule has 0 aromatic rings. The summed E-state index contributed by atoms with van der Waals surface area (Å²) in [5.41, 5.74) is 0. The molecule has 0 bridgehead atoms. The van der Waals surface area contributed by atoms with Crippen molar-refractivity contribution in [1.29, 1.82) is 0 Å². The van der Waals surface area contributed by atoms with E-state index in [2.05, 4.69) is 11.3 Å². The largest absolute Gasteiger partial charge is 0.435 e. The molecule has 0 spiro atoms. The van der Waals surface area contributed by atoms with Crippen LogP contribution >= 0.6 is 0 Å². The van der Waals surface area contributed by atoms with E-state index >= 15 is 0 Å². The number of esters is 1. The molecule has 0 aliphatic heterocycles. The van der Waals surface area contributed by atoms with Gasteiger partial charge in [0.25, 0.3) is 0 Å². The number of ether oxygens (including phenoxy) is 3. The van der Waals surface area contributed by atoms with Gasteiger partial charge in [-0.2, -0.15) is 0 Å². The Hall–Kier alpha value is -0.653. The maximum Gasteiger partial charge on any atom is 0.332 e. The van der Waals surface area contributed by atoms with Crippen molar-refractivity contribution < 1.29 is 19.0 Å². The predicted octanol–water partition coefficient (Wildman–Crippen LogP) is 0.271. The van der Waals surface area contributed by atoms with E-state index in [9.17, 15) is 4.79 Å². The SMILES string of the molecule is C=CC(=O)OCOCCC[SiH2]COC. The van der Waals surface area contributed by atoms with Crippen LogP contribution in [0, 0.1) is 0 Å². The Balaban J connectivity index is 2.99. The lowest BCUT2D eigenvalue weighted by Crippen LogP contribution is -2.07. The van der Waals surface area contributed by atoms with E-state index in [1.807, 2.05) is 0 Å². The van der Waals surface area contributed by atoms with Crippen LogP contribution in [0.25, 0.3) is 0 Å². The van der Waals surface area contributed by atoms with Crippen molar-refractivity contribution in [2.24, 2.45) is 0 Å². The maximum absolute atomic E-state index is 10.6. The normalized spacial score (nSPS) is 10.6. The summed E-state index contributed by atoms with van der Waals surface area (Å²) in [5, 5.41) is 0. The van der Waals surface area contributed by atoms with Crippen molar-refractivity contribution in [3.05, 3.63) is 12.7 Å². The van der Waals surface area contributed by atoms with Gasteiger partial charge in [0.2, 0.25) is 0 Å². The molecule has 5 heteroatoms. The lowest BCUT2D eigenvalue weighted by molar-refractivity contribution is -0.150. The highest BCUT2D eigenvalue weighted by Crippen LogP contribution is 1.91. The molecule has 0 aromatic heterocycles. The Morgan fingerprint density at radius 1 is 1.57 bits per heavy atom. The van der Waals surface area contributed by atoms with Crippen LogP contribution in [0.5, 0.6) is 0 Å². The van der Waals surface area contributed by atoms with Crippen LogP contribution in [0.1, 0.15) is 6.42 Å². The van der Waals surface area contributed by atoms with E-state index in [1.54, 1.807) is 7.11 Å². The van der Waals surface area contributed by atoms with Gasteiger partial charge in [-0.3, -0.25) is 0 Å². The van der Waals surface area contributed by atoms with Gasteiger partial charge in [-0.1, -0.05) is 12.6 Å². The maximum atomic E-state index is 10.6. The van der Waals surface area contributed by atoms with E-state index in [4.69, 9.17) is 9.47 Å². The Kier molecular flexibility index (Phi) is 9.94. The molecule has 0 N–H and O–H groups in total. The first-order valence-electron chi connectivity index (χ1n) is 4.67. The Labute approximate surface area is 87.0 Å². The highest BCUT2D eigenvalue weighted by atomic mass is 28.2. The zero-order chi connectivity index (χ0) is 10.6. The molecule has 14 heavy (non-hydrogen) atoms. The number of carbonyl (C=O) groups excluding carboxylic acids is 1. The molecule has 0 aromatic carbocycles. The van der Waals surface area contributed by atoms with E-state index in [1.165, 1.54) is 6.04 Å². The second kappa shape index (κ2) is 10.4. The number of carbonyl (C=O) groups is 1. The second-order valence-electron chi connectivity index (χ2n) is 2.75. The standard InChI is InChI=1S/C9H18O4Si/c1-3-9(10)13-7-12-5-4-6-14-8-11-2/h3H,1,4-8,14H2,2H3. The van der Waals surface area contributed by atoms with Gasteiger partial charge in [-0.25, -0.2) is 4.79 Å². The molecule has 0 amide bonds. The lowest BCUT2D eigenvalue weighted by atomic mass is 10.5. The summed E-state index contributed by atoms with van der Waals surface area (Å²) >= 11 is 0. The molecule has 0 atom stereocenters. The molecule has 0 heterocycles. The summed E-state index contributed by atoms with van der Waals surface area (Å²) in [6.07, 6.45) is 3.06. The Morgan fingerprint density at radius 2 is 2.36 bits per heavy atom. The molecule has 0 rings (SSSR count). The summed E-state index contributed by atoms with van der Waals surface area (Å²) in [7, 11) is 1.65. The molecule has 0 radical (unpaired) electrons. The molecular weight excluding hydrogens is 200 g/mol. The van der Waals surface area contributed by atoms with Crippen molar-refractivity contribution in [2.75, 3.05) is 26.7 Å². The second-order valence-corrected chi connectivity index (χ2v) is 4.57. The van der Waals surface area contributed by atoms with Crippen LogP contribution in [-0.4, -0.2) is 42.2 Å². The predicted molar refractivity (Wildman–Crippen MR) is 57.0 cm³/mol. The summed E-state index contributed by atoms with van der Waals surface area (Å²) in [6.45, 7) is 3.94. The molecule has 0 aliphatic carbocycles.